The molecule has 3 aromatic rings. The maximum Gasteiger partial charge on any atom is 0.315 e. The Balaban J connectivity index is 1.53. The second-order valence-electron chi connectivity index (χ2n) is 5.90. The minimum Gasteiger partial charge on any atom is -0.334 e. The minimum atomic E-state index is -0.200. The number of aryl methyl sites for hydroxylation is 1. The zero-order chi connectivity index (χ0) is 17.6. The molecule has 2 amide bonds. The van der Waals surface area contributed by atoms with Crippen LogP contribution in [0.5, 0.6) is 0 Å². The molecule has 0 aliphatic rings. The fourth-order valence-electron chi connectivity index (χ4n) is 2.65. The van der Waals surface area contributed by atoms with E-state index in [9.17, 15) is 4.79 Å². The van der Waals surface area contributed by atoms with Crippen molar-refractivity contribution in [2.45, 2.75) is 26.4 Å². The van der Waals surface area contributed by atoms with Gasteiger partial charge in [-0.05, 0) is 36.6 Å². The molecule has 0 saturated carbocycles. The molecule has 2 heterocycles. The van der Waals surface area contributed by atoms with E-state index in [2.05, 4.69) is 20.6 Å². The Labute approximate surface area is 146 Å². The van der Waals surface area contributed by atoms with Crippen LogP contribution in [0, 0.1) is 6.92 Å². The Morgan fingerprint density at radius 3 is 2.76 bits per heavy atom. The summed E-state index contributed by atoms with van der Waals surface area (Å²) in [6, 6.07) is 11.6. The van der Waals surface area contributed by atoms with Gasteiger partial charge >= 0.3 is 6.03 Å². The molecule has 25 heavy (non-hydrogen) atoms. The fraction of sp³-hybridized carbons (Fsp3) is 0.211. The van der Waals surface area contributed by atoms with Crippen LogP contribution in [0.15, 0.2) is 61.3 Å². The van der Waals surface area contributed by atoms with E-state index in [4.69, 9.17) is 0 Å². The third-order valence-corrected chi connectivity index (χ3v) is 4.03. The van der Waals surface area contributed by atoms with Gasteiger partial charge in [-0.3, -0.25) is 4.57 Å². The topological polar surface area (TPSA) is 71.8 Å². The summed E-state index contributed by atoms with van der Waals surface area (Å²) in [4.78, 5) is 20.5. The summed E-state index contributed by atoms with van der Waals surface area (Å²) in [5.74, 6) is 0.791. The molecule has 6 heteroatoms. The zero-order valence-corrected chi connectivity index (χ0v) is 14.3. The van der Waals surface area contributed by atoms with Crippen molar-refractivity contribution in [3.8, 4) is 5.82 Å². The molecule has 128 valence electrons. The second-order valence-corrected chi connectivity index (χ2v) is 5.90. The van der Waals surface area contributed by atoms with Crippen molar-refractivity contribution in [3.05, 3.63) is 78.0 Å². The number of hydrogen-bond donors (Lipinski definition) is 2. The summed E-state index contributed by atoms with van der Waals surface area (Å²) < 4.78 is 1.83. The normalized spacial score (nSPS) is 11.8. The summed E-state index contributed by atoms with van der Waals surface area (Å²) >= 11 is 0. The number of carbonyl (C=O) groups excluding carboxylic acids is 1. The van der Waals surface area contributed by atoms with E-state index in [0.717, 1.165) is 22.5 Å². The van der Waals surface area contributed by atoms with Crippen molar-refractivity contribution in [2.24, 2.45) is 0 Å². The van der Waals surface area contributed by atoms with Crippen LogP contribution in [0.3, 0.4) is 0 Å². The molecule has 1 unspecified atom stereocenters. The smallest absolute Gasteiger partial charge is 0.315 e. The summed E-state index contributed by atoms with van der Waals surface area (Å²) in [6.07, 6.45) is 6.98. The van der Waals surface area contributed by atoms with Gasteiger partial charge in [0.1, 0.15) is 12.1 Å². The molecule has 3 rings (SSSR count). The van der Waals surface area contributed by atoms with E-state index in [1.54, 1.807) is 18.7 Å². The lowest BCUT2D eigenvalue weighted by atomic mass is 10.0. The quantitative estimate of drug-likeness (QED) is 0.752. The largest absolute Gasteiger partial charge is 0.334 e. The zero-order valence-electron chi connectivity index (χ0n) is 14.3. The van der Waals surface area contributed by atoms with Crippen molar-refractivity contribution < 1.29 is 4.79 Å². The fourth-order valence-corrected chi connectivity index (χ4v) is 2.65. The lowest BCUT2D eigenvalue weighted by molar-refractivity contribution is 0.237. The predicted octanol–water partition coefficient (Wildman–Crippen LogP) is 3.14. The van der Waals surface area contributed by atoms with Crippen LogP contribution < -0.4 is 10.6 Å². The monoisotopic (exact) mass is 335 g/mol. The molecule has 0 saturated heterocycles. The standard InChI is InChI=1S/C19H21N5O/c1-14-5-3-4-6-17(14)15(2)23-19(25)22-12-16-7-8-18(21-11-16)24-10-9-20-13-24/h3-11,13,15H,12H2,1-2H3,(H2,22,23,25). The van der Waals surface area contributed by atoms with Gasteiger partial charge in [-0.2, -0.15) is 0 Å². The van der Waals surface area contributed by atoms with E-state index in [1.165, 1.54) is 0 Å². The Kier molecular flexibility index (Phi) is 5.09. The van der Waals surface area contributed by atoms with E-state index < -0.39 is 0 Å². The molecule has 0 aliphatic carbocycles. The van der Waals surface area contributed by atoms with Crippen LogP contribution in [-0.2, 0) is 6.54 Å². The first kappa shape index (κ1) is 16.7. The van der Waals surface area contributed by atoms with Crippen LogP contribution in [-0.4, -0.2) is 20.6 Å². The van der Waals surface area contributed by atoms with E-state index in [1.807, 2.05) is 61.0 Å². The third kappa shape index (κ3) is 4.23. The number of aromatic nitrogens is 3. The van der Waals surface area contributed by atoms with Crippen LogP contribution in [0.1, 0.15) is 29.7 Å². The Morgan fingerprint density at radius 2 is 2.08 bits per heavy atom. The highest BCUT2D eigenvalue weighted by Crippen LogP contribution is 2.16. The number of carbonyl (C=O) groups is 1. The summed E-state index contributed by atoms with van der Waals surface area (Å²) in [5, 5.41) is 5.82. The summed E-state index contributed by atoms with van der Waals surface area (Å²) in [6.45, 7) is 4.44. The van der Waals surface area contributed by atoms with Crippen molar-refractivity contribution in [2.75, 3.05) is 0 Å². The number of benzene rings is 1. The van der Waals surface area contributed by atoms with E-state index >= 15 is 0 Å². The first-order valence-electron chi connectivity index (χ1n) is 8.16. The van der Waals surface area contributed by atoms with Crippen molar-refractivity contribution >= 4 is 6.03 Å². The van der Waals surface area contributed by atoms with Crippen LogP contribution in [0.25, 0.3) is 5.82 Å². The molecular weight excluding hydrogens is 314 g/mol. The minimum absolute atomic E-state index is 0.0528. The van der Waals surface area contributed by atoms with Crippen LogP contribution in [0.4, 0.5) is 4.79 Å². The van der Waals surface area contributed by atoms with Gasteiger partial charge < -0.3 is 10.6 Å². The van der Waals surface area contributed by atoms with Gasteiger partial charge in [0.15, 0.2) is 0 Å². The molecule has 6 nitrogen and oxygen atoms in total. The number of nitrogens with zero attached hydrogens (tertiary/aromatic N) is 3. The average molecular weight is 335 g/mol. The number of imidazole rings is 1. The highest BCUT2D eigenvalue weighted by atomic mass is 16.2. The molecule has 0 spiro atoms. The van der Waals surface area contributed by atoms with E-state index in [-0.39, 0.29) is 12.1 Å². The van der Waals surface area contributed by atoms with Gasteiger partial charge in [-0.25, -0.2) is 14.8 Å². The van der Waals surface area contributed by atoms with Crippen molar-refractivity contribution in [3.63, 3.8) is 0 Å². The van der Waals surface area contributed by atoms with Gasteiger partial charge in [0.05, 0.1) is 6.04 Å². The number of amides is 2. The van der Waals surface area contributed by atoms with Crippen molar-refractivity contribution in [1.82, 2.24) is 25.2 Å². The lowest BCUT2D eigenvalue weighted by Gasteiger charge is -2.17. The lowest BCUT2D eigenvalue weighted by Crippen LogP contribution is -2.36. The number of rotatable bonds is 5. The summed E-state index contributed by atoms with van der Waals surface area (Å²) in [7, 11) is 0. The average Bonchev–Trinajstić information content (AvgIpc) is 3.15. The Morgan fingerprint density at radius 1 is 1.24 bits per heavy atom. The second kappa shape index (κ2) is 7.61. The molecule has 0 fully saturated rings. The molecule has 0 aliphatic heterocycles. The van der Waals surface area contributed by atoms with Gasteiger partial charge in [0.2, 0.25) is 0 Å². The number of pyridine rings is 1. The third-order valence-electron chi connectivity index (χ3n) is 4.03. The Bertz CT molecular complexity index is 827. The van der Waals surface area contributed by atoms with E-state index in [0.29, 0.717) is 6.54 Å². The predicted molar refractivity (Wildman–Crippen MR) is 96.3 cm³/mol. The van der Waals surface area contributed by atoms with Gasteiger partial charge in [-0.1, -0.05) is 30.3 Å². The number of nitrogens with one attached hydrogen (secondary N) is 2. The first-order chi connectivity index (χ1) is 12.1. The number of hydrogen-bond acceptors (Lipinski definition) is 3. The molecule has 0 radical (unpaired) electrons. The molecule has 1 atom stereocenters. The van der Waals surface area contributed by atoms with Crippen molar-refractivity contribution in [1.29, 1.82) is 0 Å². The molecule has 2 aromatic heterocycles. The number of urea groups is 1. The highest BCUT2D eigenvalue weighted by molar-refractivity contribution is 5.74. The SMILES string of the molecule is Cc1ccccc1C(C)NC(=O)NCc1ccc(-n2ccnc2)nc1. The van der Waals surface area contributed by atoms with Gasteiger partial charge in [-0.15, -0.1) is 0 Å². The highest BCUT2D eigenvalue weighted by Gasteiger charge is 2.11. The summed E-state index contributed by atoms with van der Waals surface area (Å²) in [5.41, 5.74) is 3.21. The van der Waals surface area contributed by atoms with Crippen LogP contribution in [0.2, 0.25) is 0 Å². The van der Waals surface area contributed by atoms with Gasteiger partial charge in [0, 0.05) is 25.1 Å². The molecule has 1 aromatic carbocycles. The Hall–Kier alpha value is -3.15. The molecule has 0 bridgehead atoms. The molecular formula is C19H21N5O. The maximum absolute atomic E-state index is 12.1. The molecule has 2 N–H and O–H groups in total. The first-order valence-corrected chi connectivity index (χ1v) is 8.16. The van der Waals surface area contributed by atoms with Crippen LogP contribution >= 0.6 is 0 Å². The van der Waals surface area contributed by atoms with Gasteiger partial charge in [0.25, 0.3) is 0 Å². The maximum atomic E-state index is 12.1.